The van der Waals surface area contributed by atoms with Gasteiger partial charge >= 0.3 is 0 Å². The molecule has 1 atom stereocenters. The lowest BCUT2D eigenvalue weighted by Gasteiger charge is -2.10. The van der Waals surface area contributed by atoms with Crippen LogP contribution in [0.4, 0.5) is 8.78 Å². The van der Waals surface area contributed by atoms with Gasteiger partial charge in [-0.25, -0.2) is 8.78 Å². The maximum absolute atomic E-state index is 12.9. The molecule has 0 aliphatic rings. The summed E-state index contributed by atoms with van der Waals surface area (Å²) >= 11 is 0. The molecule has 18 heavy (non-hydrogen) atoms. The van der Waals surface area contributed by atoms with Crippen LogP contribution in [0.1, 0.15) is 38.7 Å². The highest BCUT2D eigenvalue weighted by molar-refractivity contribution is 5.49. The average molecular weight is 254 g/mol. The summed E-state index contributed by atoms with van der Waals surface area (Å²) in [6.45, 7) is 4.64. The molecule has 0 radical (unpaired) electrons. The predicted molar refractivity (Wildman–Crippen MR) is 70.3 cm³/mol. The fourth-order valence-corrected chi connectivity index (χ4v) is 1.65. The van der Waals surface area contributed by atoms with Gasteiger partial charge in [0.15, 0.2) is 0 Å². The summed E-state index contributed by atoms with van der Waals surface area (Å²) < 4.78 is 31.4. The van der Waals surface area contributed by atoms with Gasteiger partial charge in [-0.1, -0.05) is 31.9 Å². The second-order valence-corrected chi connectivity index (χ2v) is 4.39. The molecule has 0 spiro atoms. The summed E-state index contributed by atoms with van der Waals surface area (Å²) in [6, 6.07) is 3.45. The van der Waals surface area contributed by atoms with Gasteiger partial charge in [-0.15, -0.1) is 0 Å². The van der Waals surface area contributed by atoms with Crippen molar-refractivity contribution in [2.75, 3.05) is 6.61 Å². The number of ether oxygens (including phenoxy) is 1. The second kappa shape index (κ2) is 7.98. The lowest BCUT2D eigenvalue weighted by atomic mass is 10.2. The van der Waals surface area contributed by atoms with Crippen LogP contribution >= 0.6 is 0 Å². The zero-order chi connectivity index (χ0) is 13.4. The smallest absolute Gasteiger partial charge is 0.126 e. The normalized spacial score (nSPS) is 13.1. The first-order valence-electron chi connectivity index (χ1n) is 6.36. The zero-order valence-electron chi connectivity index (χ0n) is 11.0. The molecule has 0 heterocycles. The Balaban J connectivity index is 2.36. The van der Waals surface area contributed by atoms with Crippen LogP contribution in [0.5, 0.6) is 0 Å². The molecule has 1 nitrogen and oxygen atoms in total. The average Bonchev–Trinajstić information content (AvgIpc) is 2.31. The minimum atomic E-state index is -0.563. The Bertz CT molecular complexity index is 368. The standard InChI is InChI=1S/C15H20F2O/c1-3-4-6-12(2)18-8-5-7-13-9-14(16)11-15(17)10-13/h5,7,9-12H,3-4,6,8H2,1-2H3. The molecule has 0 bridgehead atoms. The van der Waals surface area contributed by atoms with Crippen LogP contribution in [-0.4, -0.2) is 12.7 Å². The summed E-state index contributed by atoms with van der Waals surface area (Å²) in [5.41, 5.74) is 0.511. The Hall–Kier alpha value is -1.22. The van der Waals surface area contributed by atoms with Crippen molar-refractivity contribution in [3.8, 4) is 0 Å². The molecular weight excluding hydrogens is 234 g/mol. The monoisotopic (exact) mass is 254 g/mol. The number of halogens is 2. The van der Waals surface area contributed by atoms with Gasteiger partial charge in [-0.2, -0.15) is 0 Å². The molecule has 0 N–H and O–H groups in total. The van der Waals surface area contributed by atoms with Crippen molar-refractivity contribution in [1.82, 2.24) is 0 Å². The Labute approximate surface area is 107 Å². The van der Waals surface area contributed by atoms with Gasteiger partial charge in [0.25, 0.3) is 0 Å². The van der Waals surface area contributed by atoms with Gasteiger partial charge in [0.1, 0.15) is 11.6 Å². The van der Waals surface area contributed by atoms with E-state index in [1.165, 1.54) is 12.1 Å². The molecule has 0 amide bonds. The molecule has 0 fully saturated rings. The maximum atomic E-state index is 12.9. The number of rotatable bonds is 7. The molecule has 3 heteroatoms. The van der Waals surface area contributed by atoms with Crippen molar-refractivity contribution in [2.45, 2.75) is 39.2 Å². The van der Waals surface area contributed by atoms with E-state index < -0.39 is 11.6 Å². The SMILES string of the molecule is CCCCC(C)OCC=Cc1cc(F)cc(F)c1. The number of hydrogen-bond acceptors (Lipinski definition) is 1. The van der Waals surface area contributed by atoms with Crippen LogP contribution < -0.4 is 0 Å². The van der Waals surface area contributed by atoms with Crippen LogP contribution in [0, 0.1) is 11.6 Å². The van der Waals surface area contributed by atoms with Crippen molar-refractivity contribution in [1.29, 1.82) is 0 Å². The third kappa shape index (κ3) is 5.92. The van der Waals surface area contributed by atoms with Crippen molar-refractivity contribution in [2.24, 2.45) is 0 Å². The minimum Gasteiger partial charge on any atom is -0.374 e. The number of benzene rings is 1. The summed E-state index contributed by atoms with van der Waals surface area (Å²) in [7, 11) is 0. The lowest BCUT2D eigenvalue weighted by Crippen LogP contribution is -2.07. The van der Waals surface area contributed by atoms with E-state index in [0.29, 0.717) is 12.2 Å². The van der Waals surface area contributed by atoms with Crippen LogP contribution in [0.3, 0.4) is 0 Å². The third-order valence-electron chi connectivity index (χ3n) is 2.64. The van der Waals surface area contributed by atoms with Gasteiger partial charge < -0.3 is 4.74 Å². The van der Waals surface area contributed by atoms with Crippen molar-refractivity contribution >= 4 is 6.08 Å². The van der Waals surface area contributed by atoms with E-state index >= 15 is 0 Å². The maximum Gasteiger partial charge on any atom is 0.126 e. The highest BCUT2D eigenvalue weighted by Crippen LogP contribution is 2.10. The Morgan fingerprint density at radius 3 is 2.50 bits per heavy atom. The second-order valence-electron chi connectivity index (χ2n) is 4.39. The quantitative estimate of drug-likeness (QED) is 0.692. The van der Waals surface area contributed by atoms with Gasteiger partial charge in [0.2, 0.25) is 0 Å². The first-order valence-corrected chi connectivity index (χ1v) is 6.36. The van der Waals surface area contributed by atoms with Crippen LogP contribution in [0.2, 0.25) is 0 Å². The summed E-state index contributed by atoms with van der Waals surface area (Å²) in [5, 5.41) is 0. The van der Waals surface area contributed by atoms with E-state index in [0.717, 1.165) is 25.3 Å². The van der Waals surface area contributed by atoms with E-state index in [2.05, 4.69) is 6.92 Å². The molecular formula is C15H20F2O. The highest BCUT2D eigenvalue weighted by atomic mass is 19.1. The molecule has 1 rings (SSSR count). The van der Waals surface area contributed by atoms with E-state index in [4.69, 9.17) is 4.74 Å². The molecule has 0 aliphatic carbocycles. The molecule has 0 saturated heterocycles. The molecule has 1 unspecified atom stereocenters. The van der Waals surface area contributed by atoms with E-state index in [-0.39, 0.29) is 6.10 Å². The van der Waals surface area contributed by atoms with Gasteiger partial charge in [-0.05, 0) is 31.0 Å². The number of unbranched alkanes of at least 4 members (excludes halogenated alkanes) is 1. The Morgan fingerprint density at radius 1 is 1.22 bits per heavy atom. The Kier molecular flexibility index (Phi) is 6.58. The van der Waals surface area contributed by atoms with Crippen LogP contribution in [-0.2, 0) is 4.74 Å². The zero-order valence-corrected chi connectivity index (χ0v) is 11.0. The van der Waals surface area contributed by atoms with Crippen molar-refractivity contribution < 1.29 is 13.5 Å². The van der Waals surface area contributed by atoms with E-state index in [1.54, 1.807) is 12.2 Å². The molecule has 0 saturated carbocycles. The molecule has 100 valence electrons. The van der Waals surface area contributed by atoms with Crippen LogP contribution in [0.15, 0.2) is 24.3 Å². The lowest BCUT2D eigenvalue weighted by molar-refractivity contribution is 0.0805. The van der Waals surface area contributed by atoms with Crippen molar-refractivity contribution in [3.05, 3.63) is 41.5 Å². The molecule has 1 aromatic carbocycles. The van der Waals surface area contributed by atoms with Gasteiger partial charge in [0.05, 0.1) is 12.7 Å². The highest BCUT2D eigenvalue weighted by Gasteiger charge is 2.00. The summed E-state index contributed by atoms with van der Waals surface area (Å²) in [5.74, 6) is -1.13. The Morgan fingerprint density at radius 2 is 1.89 bits per heavy atom. The molecule has 0 aliphatic heterocycles. The number of hydrogen-bond donors (Lipinski definition) is 0. The van der Waals surface area contributed by atoms with E-state index in [9.17, 15) is 8.78 Å². The topological polar surface area (TPSA) is 9.23 Å². The van der Waals surface area contributed by atoms with E-state index in [1.807, 2.05) is 6.92 Å². The molecule has 1 aromatic rings. The predicted octanol–water partition coefficient (Wildman–Crippen LogP) is 4.57. The first-order chi connectivity index (χ1) is 8.61. The minimum absolute atomic E-state index is 0.221. The first kappa shape index (κ1) is 14.8. The van der Waals surface area contributed by atoms with Gasteiger partial charge in [-0.3, -0.25) is 0 Å². The summed E-state index contributed by atoms with van der Waals surface area (Å²) in [6.07, 6.45) is 7.01. The fourth-order valence-electron chi connectivity index (χ4n) is 1.65. The molecule has 0 aromatic heterocycles. The fraction of sp³-hybridized carbons (Fsp3) is 0.467. The largest absolute Gasteiger partial charge is 0.374 e. The summed E-state index contributed by atoms with van der Waals surface area (Å²) in [4.78, 5) is 0. The van der Waals surface area contributed by atoms with Crippen LogP contribution in [0.25, 0.3) is 6.08 Å². The van der Waals surface area contributed by atoms with Gasteiger partial charge in [0, 0.05) is 6.07 Å². The third-order valence-corrected chi connectivity index (χ3v) is 2.64. The van der Waals surface area contributed by atoms with Crippen molar-refractivity contribution in [3.63, 3.8) is 0 Å².